The Morgan fingerprint density at radius 3 is 2.20 bits per heavy atom. The molecular formula is C13H18F2. The van der Waals surface area contributed by atoms with Gasteiger partial charge in [-0.15, -0.1) is 12.3 Å². The third-order valence-corrected chi connectivity index (χ3v) is 2.13. The predicted molar refractivity (Wildman–Crippen MR) is 59.6 cm³/mol. The molecule has 0 fully saturated rings. The van der Waals surface area contributed by atoms with E-state index in [0.717, 1.165) is 25.7 Å². The molecule has 0 aromatic rings. The lowest BCUT2D eigenvalue weighted by molar-refractivity contribution is 0.423. The summed E-state index contributed by atoms with van der Waals surface area (Å²) in [6.07, 6.45) is 13.1. The monoisotopic (exact) mass is 212 g/mol. The zero-order valence-electron chi connectivity index (χ0n) is 9.07. The molecule has 0 amide bonds. The Bertz CT molecular complexity index is 238. The number of halogens is 2. The van der Waals surface area contributed by atoms with E-state index in [0.29, 0.717) is 6.42 Å². The van der Waals surface area contributed by atoms with Crippen molar-refractivity contribution in [2.45, 2.75) is 51.4 Å². The van der Waals surface area contributed by atoms with Gasteiger partial charge in [0.15, 0.2) is 0 Å². The van der Waals surface area contributed by atoms with Crippen molar-refractivity contribution >= 4 is 0 Å². The first-order chi connectivity index (χ1) is 7.27. The molecule has 0 aromatic heterocycles. The summed E-state index contributed by atoms with van der Waals surface area (Å²) >= 11 is 0. The highest BCUT2D eigenvalue weighted by atomic mass is 19.3. The van der Waals surface area contributed by atoms with Gasteiger partial charge in [0, 0.05) is 6.42 Å². The maximum absolute atomic E-state index is 11.5. The molecular weight excluding hydrogens is 194 g/mol. The summed E-state index contributed by atoms with van der Waals surface area (Å²) in [5.74, 6) is 2.61. The highest BCUT2D eigenvalue weighted by Gasteiger charge is 1.89. The van der Waals surface area contributed by atoms with E-state index >= 15 is 0 Å². The molecule has 0 spiro atoms. The van der Waals surface area contributed by atoms with E-state index in [-0.39, 0.29) is 0 Å². The second-order valence-electron chi connectivity index (χ2n) is 3.47. The van der Waals surface area contributed by atoms with Gasteiger partial charge < -0.3 is 0 Å². The van der Waals surface area contributed by atoms with Crippen LogP contribution in [0, 0.1) is 12.3 Å². The molecule has 0 heterocycles. The normalized spacial score (nSPS) is 9.13. The van der Waals surface area contributed by atoms with E-state index in [2.05, 4.69) is 5.92 Å². The van der Waals surface area contributed by atoms with E-state index in [1.54, 1.807) is 0 Å². The summed E-state index contributed by atoms with van der Waals surface area (Å²) < 4.78 is 23.1. The van der Waals surface area contributed by atoms with Crippen LogP contribution in [0.25, 0.3) is 0 Å². The highest BCUT2D eigenvalue weighted by molar-refractivity contribution is 4.84. The Morgan fingerprint density at radius 2 is 1.60 bits per heavy atom. The average Bonchev–Trinajstić information content (AvgIpc) is 2.20. The van der Waals surface area contributed by atoms with Gasteiger partial charge in [-0.05, 0) is 25.3 Å². The second kappa shape index (κ2) is 11.0. The van der Waals surface area contributed by atoms with Crippen molar-refractivity contribution in [3.63, 3.8) is 0 Å². The van der Waals surface area contributed by atoms with Crippen molar-refractivity contribution in [3.8, 4) is 12.3 Å². The molecule has 0 aliphatic carbocycles. The van der Waals surface area contributed by atoms with Gasteiger partial charge in [-0.2, -0.15) is 8.78 Å². The van der Waals surface area contributed by atoms with Crippen LogP contribution in [0.5, 0.6) is 0 Å². The standard InChI is InChI=1S/C13H18F2/c1-2-3-4-5-6-7-8-9-10-11-12-13(14)15/h1,11H,3-10H2. The van der Waals surface area contributed by atoms with Crippen molar-refractivity contribution in [2.75, 3.05) is 0 Å². The Balaban J connectivity index is 3.13. The third kappa shape index (κ3) is 12.9. The summed E-state index contributed by atoms with van der Waals surface area (Å²) in [7, 11) is 0. The molecule has 0 aliphatic heterocycles. The lowest BCUT2D eigenvalue weighted by Crippen LogP contribution is -1.79. The van der Waals surface area contributed by atoms with Crippen LogP contribution < -0.4 is 0 Å². The number of hydrogen-bond acceptors (Lipinski definition) is 0. The number of rotatable bonds is 8. The summed E-state index contributed by atoms with van der Waals surface area (Å²) in [5, 5.41) is 0. The van der Waals surface area contributed by atoms with Crippen molar-refractivity contribution in [2.24, 2.45) is 0 Å². The molecule has 0 N–H and O–H groups in total. The first kappa shape index (κ1) is 13.9. The van der Waals surface area contributed by atoms with E-state index in [9.17, 15) is 8.78 Å². The molecule has 0 unspecified atom stereocenters. The van der Waals surface area contributed by atoms with Crippen LogP contribution in [0.2, 0.25) is 0 Å². The smallest absolute Gasteiger partial charge is 0.164 e. The largest absolute Gasteiger partial charge is 0.312 e. The van der Waals surface area contributed by atoms with Gasteiger partial charge in [0.05, 0.1) is 0 Å². The Morgan fingerprint density at radius 1 is 1.00 bits per heavy atom. The Labute approximate surface area is 91.1 Å². The van der Waals surface area contributed by atoms with Gasteiger partial charge in [0.25, 0.3) is 0 Å². The van der Waals surface area contributed by atoms with Crippen LogP contribution in [-0.4, -0.2) is 0 Å². The van der Waals surface area contributed by atoms with Crippen LogP contribution in [0.15, 0.2) is 17.9 Å². The van der Waals surface area contributed by atoms with Crippen LogP contribution in [0.3, 0.4) is 0 Å². The van der Waals surface area contributed by atoms with Gasteiger partial charge in [-0.3, -0.25) is 0 Å². The quantitative estimate of drug-likeness (QED) is 0.311. The maximum Gasteiger partial charge on any atom is 0.312 e. The van der Waals surface area contributed by atoms with Crippen LogP contribution in [-0.2, 0) is 0 Å². The topological polar surface area (TPSA) is 0 Å². The van der Waals surface area contributed by atoms with Crippen LogP contribution in [0.4, 0.5) is 8.78 Å². The highest BCUT2D eigenvalue weighted by Crippen LogP contribution is 2.08. The number of hydrogen-bond donors (Lipinski definition) is 0. The fraction of sp³-hybridized carbons (Fsp3) is 0.615. The second-order valence-corrected chi connectivity index (χ2v) is 3.47. The number of allylic oxidation sites excluding steroid dienone is 1. The predicted octanol–water partition coefficient (Wildman–Crippen LogP) is 4.68. The lowest BCUT2D eigenvalue weighted by Gasteiger charge is -1.97. The van der Waals surface area contributed by atoms with E-state index < -0.39 is 6.08 Å². The summed E-state index contributed by atoms with van der Waals surface area (Å²) in [6.45, 7) is 0. The van der Waals surface area contributed by atoms with E-state index in [4.69, 9.17) is 6.42 Å². The summed E-state index contributed by atoms with van der Waals surface area (Å²) in [6, 6.07) is 0. The first-order valence-corrected chi connectivity index (χ1v) is 5.47. The molecule has 15 heavy (non-hydrogen) atoms. The molecule has 0 aromatic carbocycles. The van der Waals surface area contributed by atoms with Gasteiger partial charge in [-0.1, -0.05) is 31.4 Å². The molecule has 0 radical (unpaired) electrons. The SMILES string of the molecule is C#CCCCCCCCCC=C=C(F)F. The van der Waals surface area contributed by atoms with Gasteiger partial charge in [0.1, 0.15) is 0 Å². The molecule has 0 saturated carbocycles. The van der Waals surface area contributed by atoms with Gasteiger partial charge in [-0.25, -0.2) is 0 Å². The van der Waals surface area contributed by atoms with Crippen LogP contribution >= 0.6 is 0 Å². The summed E-state index contributed by atoms with van der Waals surface area (Å²) in [5.41, 5.74) is 1.90. The average molecular weight is 212 g/mol. The fourth-order valence-electron chi connectivity index (χ4n) is 1.33. The van der Waals surface area contributed by atoms with Crippen molar-refractivity contribution in [1.29, 1.82) is 0 Å². The molecule has 0 bridgehead atoms. The minimum atomic E-state index is -1.73. The molecule has 0 nitrogen and oxygen atoms in total. The van der Waals surface area contributed by atoms with Crippen molar-refractivity contribution in [3.05, 3.63) is 17.9 Å². The zero-order valence-corrected chi connectivity index (χ0v) is 9.07. The maximum atomic E-state index is 11.5. The van der Waals surface area contributed by atoms with Crippen LogP contribution in [0.1, 0.15) is 51.4 Å². The van der Waals surface area contributed by atoms with E-state index in [1.165, 1.54) is 25.3 Å². The Hall–Kier alpha value is -1.06. The minimum absolute atomic E-state index is 0.696. The van der Waals surface area contributed by atoms with E-state index in [1.807, 2.05) is 5.73 Å². The minimum Gasteiger partial charge on any atom is -0.164 e. The first-order valence-electron chi connectivity index (χ1n) is 5.47. The molecule has 2 heteroatoms. The molecule has 0 rings (SSSR count). The zero-order chi connectivity index (χ0) is 11.4. The van der Waals surface area contributed by atoms with Gasteiger partial charge >= 0.3 is 6.08 Å². The molecule has 0 saturated heterocycles. The number of terminal acetylenes is 1. The third-order valence-electron chi connectivity index (χ3n) is 2.13. The number of unbranched alkanes of at least 4 members (excludes halogenated alkanes) is 7. The summed E-state index contributed by atoms with van der Waals surface area (Å²) in [4.78, 5) is 0. The molecule has 0 atom stereocenters. The molecule has 0 aliphatic rings. The molecule has 84 valence electrons. The lowest BCUT2D eigenvalue weighted by atomic mass is 10.1. The Kier molecular flexibility index (Phi) is 10.2. The van der Waals surface area contributed by atoms with Gasteiger partial charge in [0.2, 0.25) is 0 Å². The fourth-order valence-corrected chi connectivity index (χ4v) is 1.33. The van der Waals surface area contributed by atoms with Crippen molar-refractivity contribution < 1.29 is 8.78 Å². The van der Waals surface area contributed by atoms with Crippen molar-refractivity contribution in [1.82, 2.24) is 0 Å².